The summed E-state index contributed by atoms with van der Waals surface area (Å²) in [6.07, 6.45) is -6.84. The van der Waals surface area contributed by atoms with Crippen LogP contribution in [0.5, 0.6) is 0 Å². The van der Waals surface area contributed by atoms with E-state index in [1.165, 1.54) is 0 Å². The Hall–Kier alpha value is -5.69. The topological polar surface area (TPSA) is 149 Å². The maximum absolute atomic E-state index is 13.7. The molecule has 2 bridgehead atoms. The molecule has 0 N–H and O–H groups in total. The molecule has 15 heteroatoms. The lowest BCUT2D eigenvalue weighted by Crippen LogP contribution is -2.63. The molecule has 6 aromatic rings. The molecule has 10 rings (SSSR count). The van der Waals surface area contributed by atoms with Crippen LogP contribution in [0.15, 0.2) is 152 Å². The van der Waals surface area contributed by atoms with Gasteiger partial charge in [0.15, 0.2) is 18.4 Å². The number of nitrogens with zero attached hydrogens (tertiary/aromatic N) is 3. The number of fused-ring (bicyclic) bond motifs is 7. The Balaban J connectivity index is 1.05. The third-order valence-corrected chi connectivity index (χ3v) is 12.5. The van der Waals surface area contributed by atoms with Crippen molar-refractivity contribution < 1.29 is 56.9 Å². The van der Waals surface area contributed by atoms with Crippen molar-refractivity contribution in [1.82, 2.24) is 15.0 Å². The molecule has 5 aromatic carbocycles. The Morgan fingerprint density at radius 1 is 0.594 bits per heavy atom. The summed E-state index contributed by atoms with van der Waals surface area (Å²) in [5.41, 5.74) is 5.75. The largest absolute Gasteiger partial charge is 0.459 e. The summed E-state index contributed by atoms with van der Waals surface area (Å²) in [7, 11) is 0. The quantitative estimate of drug-likeness (QED) is 0.106. The van der Waals surface area contributed by atoms with E-state index in [2.05, 4.69) is 10.3 Å². The van der Waals surface area contributed by atoms with Gasteiger partial charge in [0, 0.05) is 0 Å². The first-order valence-corrected chi connectivity index (χ1v) is 23.5. The fraction of sp³-hybridized carbons (Fsp3) is 0.389. The van der Waals surface area contributed by atoms with Gasteiger partial charge in [0.2, 0.25) is 0 Å². The summed E-state index contributed by atoms with van der Waals surface area (Å²) in [4.78, 5) is 13.7. The van der Waals surface area contributed by atoms with E-state index in [1.54, 1.807) is 28.9 Å². The average molecular weight is 940 g/mol. The van der Waals surface area contributed by atoms with Crippen LogP contribution in [0, 0.1) is 0 Å². The van der Waals surface area contributed by atoms with E-state index < -0.39 is 73.2 Å². The zero-order valence-corrected chi connectivity index (χ0v) is 38.6. The first-order chi connectivity index (χ1) is 33.8. The standard InChI is InChI=1S/C54H57N3O12/c1-54(2)68-50-48-46(67-53(50)69-54)44(35-64-51(58)39-23-13-6-14-24-39)66-52-49(63-33-42-28-57(56-55-42)27-40-25-15-16-26-41(40)32-62-48)47(61-31-38-21-11-5-12-22-38)45(60-30-37-19-9-4-10-20-37)43(65-52)34-59-29-36-17-7-3-8-18-36/h3-26,28,43-50,52-53H,27,29-35H2,1-2H3/t43-,44?,45-,46-,47+,48+,49-,50-,52-,53-/m1/s1. The van der Waals surface area contributed by atoms with Crippen LogP contribution in [0.25, 0.3) is 0 Å². The lowest BCUT2D eigenvalue weighted by Gasteiger charge is -2.47. The fourth-order valence-corrected chi connectivity index (χ4v) is 9.16. The number of esters is 1. The van der Waals surface area contributed by atoms with Gasteiger partial charge in [-0.3, -0.25) is 0 Å². The molecular weight excluding hydrogens is 883 g/mol. The number of hydrogen-bond donors (Lipinski definition) is 0. The van der Waals surface area contributed by atoms with Crippen LogP contribution in [0.1, 0.15) is 57.7 Å². The van der Waals surface area contributed by atoms with Crippen LogP contribution in [0.3, 0.4) is 0 Å². The smallest absolute Gasteiger partial charge is 0.338 e. The predicted octanol–water partition coefficient (Wildman–Crippen LogP) is 7.34. The molecule has 15 nitrogen and oxygen atoms in total. The van der Waals surface area contributed by atoms with Crippen molar-refractivity contribution in [2.75, 3.05) is 13.2 Å². The Labute approximate surface area is 401 Å². The molecule has 360 valence electrons. The summed E-state index contributed by atoms with van der Waals surface area (Å²) >= 11 is 0. The Morgan fingerprint density at radius 2 is 1.19 bits per heavy atom. The zero-order chi connectivity index (χ0) is 47.0. The van der Waals surface area contributed by atoms with Gasteiger partial charge in [-0.05, 0) is 53.8 Å². The van der Waals surface area contributed by atoms with Crippen molar-refractivity contribution in [1.29, 1.82) is 0 Å². The first-order valence-electron chi connectivity index (χ1n) is 23.5. The molecule has 1 aromatic heterocycles. The van der Waals surface area contributed by atoms with Crippen molar-refractivity contribution in [3.63, 3.8) is 0 Å². The highest BCUT2D eigenvalue weighted by Gasteiger charge is 2.59. The predicted molar refractivity (Wildman–Crippen MR) is 248 cm³/mol. The van der Waals surface area contributed by atoms with Gasteiger partial charge < -0.3 is 52.1 Å². The van der Waals surface area contributed by atoms with Crippen molar-refractivity contribution in [2.45, 2.75) is 121 Å². The maximum Gasteiger partial charge on any atom is 0.338 e. The van der Waals surface area contributed by atoms with Gasteiger partial charge in [0.05, 0.1) is 57.9 Å². The van der Waals surface area contributed by atoms with Crippen LogP contribution >= 0.6 is 0 Å². The van der Waals surface area contributed by atoms with E-state index >= 15 is 0 Å². The molecule has 0 radical (unpaired) electrons. The molecule has 1 unspecified atom stereocenters. The molecule has 0 aliphatic carbocycles. The highest BCUT2D eigenvalue weighted by Crippen LogP contribution is 2.42. The molecule has 3 fully saturated rings. The number of benzene rings is 5. The number of rotatable bonds is 13. The van der Waals surface area contributed by atoms with Gasteiger partial charge in [-0.1, -0.05) is 139 Å². The van der Waals surface area contributed by atoms with Crippen LogP contribution < -0.4 is 0 Å². The number of hydrogen-bond acceptors (Lipinski definition) is 14. The van der Waals surface area contributed by atoms with E-state index in [1.807, 2.05) is 141 Å². The number of aromatic nitrogens is 3. The molecule has 0 spiro atoms. The van der Waals surface area contributed by atoms with E-state index in [-0.39, 0.29) is 39.6 Å². The first kappa shape index (κ1) is 47.0. The third kappa shape index (κ3) is 11.7. The molecular formula is C54H57N3O12. The summed E-state index contributed by atoms with van der Waals surface area (Å²) < 4.78 is 75.9. The van der Waals surface area contributed by atoms with E-state index in [0.29, 0.717) is 24.4 Å². The minimum atomic E-state index is -1.19. The minimum absolute atomic E-state index is 0.0154. The molecule has 3 saturated heterocycles. The highest BCUT2D eigenvalue weighted by molar-refractivity contribution is 5.89. The van der Waals surface area contributed by atoms with Crippen molar-refractivity contribution in [3.05, 3.63) is 191 Å². The second-order valence-electron chi connectivity index (χ2n) is 18.0. The van der Waals surface area contributed by atoms with Crippen LogP contribution in [0.2, 0.25) is 0 Å². The summed E-state index contributed by atoms with van der Waals surface area (Å²) in [6, 6.07) is 46.5. The van der Waals surface area contributed by atoms with Crippen molar-refractivity contribution >= 4 is 5.97 Å². The Kier molecular flexibility index (Phi) is 15.0. The number of carbonyl (C=O) groups excluding carboxylic acids is 1. The monoisotopic (exact) mass is 939 g/mol. The van der Waals surface area contributed by atoms with Gasteiger partial charge in [-0.25, -0.2) is 9.48 Å². The van der Waals surface area contributed by atoms with Crippen molar-refractivity contribution in [3.8, 4) is 0 Å². The highest BCUT2D eigenvalue weighted by atomic mass is 16.8. The summed E-state index contributed by atoms with van der Waals surface area (Å²) in [5, 5.41) is 9.01. The molecule has 0 saturated carbocycles. The van der Waals surface area contributed by atoms with E-state index in [0.717, 1.165) is 27.8 Å². The van der Waals surface area contributed by atoms with Gasteiger partial charge >= 0.3 is 5.97 Å². The van der Waals surface area contributed by atoms with Gasteiger partial charge in [-0.2, -0.15) is 0 Å². The molecule has 4 aliphatic heterocycles. The average Bonchev–Trinajstić information content (AvgIpc) is 4.05. The van der Waals surface area contributed by atoms with Gasteiger partial charge in [0.25, 0.3) is 0 Å². The summed E-state index contributed by atoms with van der Waals surface area (Å²) in [5.74, 6) is -1.51. The lowest BCUT2D eigenvalue weighted by molar-refractivity contribution is -0.346. The zero-order valence-electron chi connectivity index (χ0n) is 38.6. The number of ether oxygens (including phenoxy) is 11. The second-order valence-corrected chi connectivity index (χ2v) is 18.0. The second kappa shape index (κ2) is 21.9. The minimum Gasteiger partial charge on any atom is -0.459 e. The third-order valence-electron chi connectivity index (χ3n) is 12.5. The normalized spacial score (nSPS) is 27.6. The van der Waals surface area contributed by atoms with E-state index in [4.69, 9.17) is 52.1 Å². The van der Waals surface area contributed by atoms with Crippen LogP contribution in [-0.2, 0) is 91.7 Å². The lowest BCUT2D eigenvalue weighted by atomic mass is 9.97. The molecule has 4 aliphatic rings. The van der Waals surface area contributed by atoms with Gasteiger partial charge in [0.1, 0.15) is 61.1 Å². The number of carbonyl (C=O) groups is 1. The molecule has 69 heavy (non-hydrogen) atoms. The van der Waals surface area contributed by atoms with Crippen molar-refractivity contribution in [2.24, 2.45) is 0 Å². The Morgan fingerprint density at radius 3 is 1.88 bits per heavy atom. The molecule has 5 heterocycles. The SMILES string of the molecule is CC1(C)O[C@H]2O[C@@H]3C(COC(=O)c4ccccc4)O[C@H]4O[C@H](COCc5ccccc5)[C@@H](OCc5ccccc5)[C@H](OCc5ccccc5)[C@H]4OCc4cn(nn4)Cc4ccccc4CO[C@@H]3[C@H]2O1. The van der Waals surface area contributed by atoms with Crippen LogP contribution in [0.4, 0.5) is 0 Å². The fourth-order valence-electron chi connectivity index (χ4n) is 9.16. The van der Waals surface area contributed by atoms with Gasteiger partial charge in [-0.15, -0.1) is 5.10 Å². The van der Waals surface area contributed by atoms with E-state index in [9.17, 15) is 4.79 Å². The summed E-state index contributed by atoms with van der Waals surface area (Å²) in [6.45, 7) is 4.90. The Bertz CT molecular complexity index is 2550. The van der Waals surface area contributed by atoms with Crippen LogP contribution in [-0.4, -0.2) is 101 Å². The molecule has 10 atom stereocenters. The maximum atomic E-state index is 13.7. The molecule has 0 amide bonds.